The summed E-state index contributed by atoms with van der Waals surface area (Å²) >= 11 is -1.20. The number of hydrogen-bond donors (Lipinski definition) is 1. The van der Waals surface area contributed by atoms with Gasteiger partial charge in [0, 0.05) is 13.0 Å². The van der Waals surface area contributed by atoms with E-state index in [2.05, 4.69) is 12.2 Å². The van der Waals surface area contributed by atoms with E-state index in [-0.39, 0.29) is 16.9 Å². The summed E-state index contributed by atoms with van der Waals surface area (Å²) in [4.78, 5) is 25.3. The Morgan fingerprint density at radius 1 is 1.36 bits per heavy atom. The Hall–Kier alpha value is -1.27. The lowest BCUT2D eigenvalue weighted by atomic mass is 10.0. The first kappa shape index (κ1) is 15.6. The molecule has 2 amide bonds. The first-order valence-electron chi connectivity index (χ1n) is 7.92. The minimum atomic E-state index is -1.20. The van der Waals surface area contributed by atoms with Crippen molar-refractivity contribution in [1.82, 2.24) is 4.90 Å². The summed E-state index contributed by atoms with van der Waals surface area (Å²) in [6, 6.07) is -0.513. The van der Waals surface area contributed by atoms with E-state index in [1.165, 1.54) is 16.0 Å². The van der Waals surface area contributed by atoms with Crippen LogP contribution < -0.4 is 5.73 Å². The first-order chi connectivity index (χ1) is 10.6. The zero-order valence-corrected chi connectivity index (χ0v) is 13.4. The number of carbonyl (C=O) groups excluding carboxylic acids is 2. The summed E-state index contributed by atoms with van der Waals surface area (Å²) in [7, 11) is 0. The van der Waals surface area contributed by atoms with E-state index >= 15 is 0 Å². The molecule has 3 aliphatic rings. The minimum Gasteiger partial charge on any atom is -0.615 e. The van der Waals surface area contributed by atoms with Gasteiger partial charge in [0.1, 0.15) is 11.3 Å². The molecule has 0 bridgehead atoms. The molecule has 3 unspecified atom stereocenters. The van der Waals surface area contributed by atoms with Gasteiger partial charge in [0.25, 0.3) is 5.91 Å². The molecule has 120 valence electrons. The van der Waals surface area contributed by atoms with Gasteiger partial charge in [0.15, 0.2) is 5.75 Å². The number of amides is 2. The van der Waals surface area contributed by atoms with Crippen molar-refractivity contribution in [3.8, 4) is 0 Å². The fourth-order valence-corrected chi connectivity index (χ4v) is 5.34. The quantitative estimate of drug-likeness (QED) is 0.784. The topological polar surface area (TPSA) is 86.5 Å². The zero-order valence-electron chi connectivity index (χ0n) is 12.6. The van der Waals surface area contributed by atoms with Crippen molar-refractivity contribution in [3.05, 3.63) is 23.3 Å². The highest BCUT2D eigenvalue weighted by Crippen LogP contribution is 2.37. The second-order valence-corrected chi connectivity index (χ2v) is 7.81. The maximum absolute atomic E-state index is 12.6. The highest BCUT2D eigenvalue weighted by atomic mass is 32.2. The highest BCUT2D eigenvalue weighted by Gasteiger charge is 2.39. The number of primary amides is 1. The van der Waals surface area contributed by atoms with Crippen molar-refractivity contribution in [2.45, 2.75) is 49.8 Å². The van der Waals surface area contributed by atoms with E-state index in [1.54, 1.807) is 0 Å². The van der Waals surface area contributed by atoms with Gasteiger partial charge in [-0.2, -0.15) is 0 Å². The number of rotatable bonds is 4. The molecule has 1 aliphatic heterocycles. The van der Waals surface area contributed by atoms with Crippen molar-refractivity contribution in [3.63, 3.8) is 0 Å². The van der Waals surface area contributed by atoms with Crippen molar-refractivity contribution < 1.29 is 14.1 Å². The first-order valence-corrected chi connectivity index (χ1v) is 9.30. The Morgan fingerprint density at radius 2 is 2.18 bits per heavy atom. The average Bonchev–Trinajstić information content (AvgIpc) is 3.14. The molecule has 1 heterocycles. The molecule has 1 saturated heterocycles. The van der Waals surface area contributed by atoms with E-state index in [0.29, 0.717) is 13.0 Å². The predicted octanol–water partition coefficient (Wildman–Crippen LogP) is 1.02. The summed E-state index contributed by atoms with van der Waals surface area (Å²) in [5.41, 5.74) is 7.93. The SMILES string of the molecule is NC(=O)C1CCCN1C(=O)C[S+]([O-])C1CCC2=C1CCC=C2. The summed E-state index contributed by atoms with van der Waals surface area (Å²) in [5.74, 6) is -0.644. The summed E-state index contributed by atoms with van der Waals surface area (Å²) in [6.07, 6.45) is 9.50. The highest BCUT2D eigenvalue weighted by molar-refractivity contribution is 7.92. The number of hydrogen-bond acceptors (Lipinski definition) is 3. The summed E-state index contributed by atoms with van der Waals surface area (Å²) in [5, 5.41) is 0.0125. The molecule has 3 atom stereocenters. The van der Waals surface area contributed by atoms with Crippen LogP contribution in [-0.4, -0.2) is 44.9 Å². The van der Waals surface area contributed by atoms with Gasteiger partial charge >= 0.3 is 0 Å². The van der Waals surface area contributed by atoms with Crippen LogP contribution in [0, 0.1) is 0 Å². The van der Waals surface area contributed by atoms with Gasteiger partial charge in [0.05, 0.1) is 0 Å². The fourth-order valence-electron chi connectivity index (χ4n) is 3.76. The molecule has 5 nitrogen and oxygen atoms in total. The molecule has 0 aromatic rings. The van der Waals surface area contributed by atoms with Gasteiger partial charge in [0.2, 0.25) is 5.91 Å². The van der Waals surface area contributed by atoms with Gasteiger partial charge in [-0.15, -0.1) is 0 Å². The molecular weight excluding hydrogens is 300 g/mol. The van der Waals surface area contributed by atoms with Crippen LogP contribution >= 0.6 is 0 Å². The Bertz CT molecular complexity index is 544. The van der Waals surface area contributed by atoms with Crippen LogP contribution in [-0.2, 0) is 20.8 Å². The van der Waals surface area contributed by atoms with Crippen molar-refractivity contribution in [1.29, 1.82) is 0 Å². The van der Waals surface area contributed by atoms with E-state index < -0.39 is 23.1 Å². The fraction of sp³-hybridized carbons (Fsp3) is 0.625. The lowest BCUT2D eigenvalue weighted by Crippen LogP contribution is -2.46. The molecule has 2 aliphatic carbocycles. The second kappa shape index (κ2) is 6.46. The number of carbonyl (C=O) groups is 2. The number of nitrogens with two attached hydrogens (primary N) is 1. The zero-order chi connectivity index (χ0) is 15.7. The maximum atomic E-state index is 12.6. The monoisotopic (exact) mass is 322 g/mol. The van der Waals surface area contributed by atoms with Crippen LogP contribution in [0.25, 0.3) is 0 Å². The Labute approximate surface area is 133 Å². The Morgan fingerprint density at radius 3 is 2.95 bits per heavy atom. The van der Waals surface area contributed by atoms with Crippen molar-refractivity contribution >= 4 is 23.0 Å². The summed E-state index contributed by atoms with van der Waals surface area (Å²) < 4.78 is 12.6. The van der Waals surface area contributed by atoms with Crippen LogP contribution in [0.2, 0.25) is 0 Å². The third-order valence-electron chi connectivity index (χ3n) is 4.86. The molecule has 0 saturated carbocycles. The Balaban J connectivity index is 1.63. The average molecular weight is 322 g/mol. The van der Waals surface area contributed by atoms with Crippen LogP contribution in [0.15, 0.2) is 23.3 Å². The maximum Gasteiger partial charge on any atom is 0.273 e. The Kier molecular flexibility index (Phi) is 4.59. The molecule has 22 heavy (non-hydrogen) atoms. The van der Waals surface area contributed by atoms with E-state index in [9.17, 15) is 14.1 Å². The molecule has 0 spiro atoms. The summed E-state index contributed by atoms with van der Waals surface area (Å²) in [6.45, 7) is 0.547. The van der Waals surface area contributed by atoms with E-state index in [0.717, 1.165) is 32.1 Å². The number of likely N-dealkylation sites (tertiary alicyclic amines) is 1. The van der Waals surface area contributed by atoms with Crippen LogP contribution in [0.3, 0.4) is 0 Å². The molecular formula is C16H22N2O3S. The largest absolute Gasteiger partial charge is 0.615 e. The predicted molar refractivity (Wildman–Crippen MR) is 85.4 cm³/mol. The molecule has 0 radical (unpaired) electrons. The van der Waals surface area contributed by atoms with Crippen LogP contribution in [0.4, 0.5) is 0 Å². The number of allylic oxidation sites excluding steroid dienone is 3. The van der Waals surface area contributed by atoms with Crippen molar-refractivity contribution in [2.24, 2.45) is 5.73 Å². The van der Waals surface area contributed by atoms with Gasteiger partial charge in [-0.1, -0.05) is 12.2 Å². The molecule has 0 aromatic carbocycles. The van der Waals surface area contributed by atoms with Gasteiger partial charge in [-0.3, -0.25) is 9.59 Å². The van der Waals surface area contributed by atoms with Gasteiger partial charge < -0.3 is 15.2 Å². The third-order valence-corrected chi connectivity index (χ3v) is 6.55. The third kappa shape index (κ3) is 2.94. The molecule has 1 fully saturated rings. The van der Waals surface area contributed by atoms with Gasteiger partial charge in [-0.05, 0) is 54.4 Å². The van der Waals surface area contributed by atoms with E-state index in [4.69, 9.17) is 5.73 Å². The smallest absolute Gasteiger partial charge is 0.273 e. The minimum absolute atomic E-state index is 0.00887. The molecule has 2 N–H and O–H groups in total. The molecule has 0 aromatic heterocycles. The second-order valence-electron chi connectivity index (χ2n) is 6.19. The number of nitrogens with zero attached hydrogens (tertiary/aromatic N) is 1. The van der Waals surface area contributed by atoms with Crippen LogP contribution in [0.1, 0.15) is 38.5 Å². The lowest BCUT2D eigenvalue weighted by molar-refractivity contribution is -0.135. The molecule has 6 heteroatoms. The lowest BCUT2D eigenvalue weighted by Gasteiger charge is -2.25. The standard InChI is InChI=1S/C16H22N2O3S/c17-16(20)13-6-3-9-18(13)15(19)10-22(21)14-8-7-11-4-1-2-5-12(11)14/h1,4,13-14H,2-3,5-10H2,(H2,17,20). The van der Waals surface area contributed by atoms with E-state index in [1.807, 2.05) is 0 Å². The normalized spacial score (nSPS) is 28.9. The van der Waals surface area contributed by atoms with Gasteiger partial charge in [-0.25, -0.2) is 0 Å². The molecule has 3 rings (SSSR count). The van der Waals surface area contributed by atoms with Crippen LogP contribution in [0.5, 0.6) is 0 Å². The van der Waals surface area contributed by atoms with Crippen molar-refractivity contribution in [2.75, 3.05) is 12.3 Å².